The summed E-state index contributed by atoms with van der Waals surface area (Å²) in [7, 11) is 1.58. The van der Waals surface area contributed by atoms with Crippen LogP contribution in [0.2, 0.25) is 0 Å². The molecule has 1 aromatic carbocycles. The predicted molar refractivity (Wildman–Crippen MR) is 103 cm³/mol. The third-order valence-corrected chi connectivity index (χ3v) is 4.69. The molecule has 6 nitrogen and oxygen atoms in total. The first-order valence-corrected chi connectivity index (χ1v) is 9.36. The number of aromatic nitrogens is 2. The summed E-state index contributed by atoms with van der Waals surface area (Å²) in [5.74, 6) is 0.727. The molecule has 0 fully saturated rings. The normalized spacial score (nSPS) is 12.6. The number of carbonyl (C=O) groups excluding carboxylic acids is 1. The van der Waals surface area contributed by atoms with E-state index in [1.54, 1.807) is 13.2 Å². The molecular formula is C21H22F3N3O3. The number of ether oxygens (including phenoxy) is 1. The predicted octanol–water partition coefficient (Wildman–Crippen LogP) is 4.74. The van der Waals surface area contributed by atoms with Gasteiger partial charge in [0.15, 0.2) is 11.5 Å². The lowest BCUT2D eigenvalue weighted by atomic mass is 10.0. The van der Waals surface area contributed by atoms with Crippen LogP contribution in [0, 0.1) is 6.92 Å². The summed E-state index contributed by atoms with van der Waals surface area (Å²) in [5.41, 5.74) is 0.301. The molecular weight excluding hydrogens is 399 g/mol. The number of furan rings is 1. The molecule has 1 amide bonds. The Bertz CT molecular complexity index is 1010. The van der Waals surface area contributed by atoms with Crippen LogP contribution >= 0.6 is 0 Å². The smallest absolute Gasteiger partial charge is 0.435 e. The number of hydrogen-bond donors (Lipinski definition) is 1. The number of nitrogens with zero attached hydrogens (tertiary/aromatic N) is 2. The second kappa shape index (κ2) is 8.64. The van der Waals surface area contributed by atoms with Gasteiger partial charge in [-0.2, -0.15) is 18.3 Å². The number of nitrogens with one attached hydrogen (secondary N) is 1. The zero-order valence-corrected chi connectivity index (χ0v) is 16.8. The highest BCUT2D eigenvalue weighted by Gasteiger charge is 2.34. The van der Waals surface area contributed by atoms with Gasteiger partial charge >= 0.3 is 6.18 Å². The Balaban J connectivity index is 1.69. The molecule has 30 heavy (non-hydrogen) atoms. The van der Waals surface area contributed by atoms with Gasteiger partial charge in [-0.3, -0.25) is 9.48 Å². The van der Waals surface area contributed by atoms with Crippen LogP contribution in [-0.4, -0.2) is 22.8 Å². The summed E-state index contributed by atoms with van der Waals surface area (Å²) in [4.78, 5) is 12.6. The highest BCUT2D eigenvalue weighted by Crippen LogP contribution is 2.28. The SMILES string of the molecule is CC[C@H](NC(=O)c1ccc(Cn2nc(C(F)(F)F)cc2C)o1)c1ccc(OC)cc1. The lowest BCUT2D eigenvalue weighted by Crippen LogP contribution is -2.27. The minimum Gasteiger partial charge on any atom is -0.497 e. The molecule has 9 heteroatoms. The summed E-state index contributed by atoms with van der Waals surface area (Å²) in [6.07, 6.45) is -3.85. The van der Waals surface area contributed by atoms with Crippen molar-refractivity contribution in [3.8, 4) is 5.75 Å². The van der Waals surface area contributed by atoms with Crippen molar-refractivity contribution in [1.82, 2.24) is 15.1 Å². The fraction of sp³-hybridized carbons (Fsp3) is 0.333. The first-order valence-electron chi connectivity index (χ1n) is 9.36. The number of methoxy groups -OCH3 is 1. The summed E-state index contributed by atoms with van der Waals surface area (Å²) in [6, 6.07) is 11.2. The van der Waals surface area contributed by atoms with Crippen LogP contribution in [0.25, 0.3) is 0 Å². The molecule has 3 aromatic rings. The summed E-state index contributed by atoms with van der Waals surface area (Å²) < 4.78 is 50.3. The first kappa shape index (κ1) is 21.5. The van der Waals surface area contributed by atoms with E-state index in [-0.39, 0.29) is 18.3 Å². The van der Waals surface area contributed by atoms with Crippen LogP contribution in [0.3, 0.4) is 0 Å². The molecule has 0 spiro atoms. The van der Waals surface area contributed by atoms with E-state index in [4.69, 9.17) is 9.15 Å². The van der Waals surface area contributed by atoms with Crippen molar-refractivity contribution < 1.29 is 27.1 Å². The van der Waals surface area contributed by atoms with E-state index in [0.29, 0.717) is 17.9 Å². The first-order chi connectivity index (χ1) is 14.2. The van der Waals surface area contributed by atoms with Crippen molar-refractivity contribution in [2.45, 2.75) is 39.0 Å². The lowest BCUT2D eigenvalue weighted by Gasteiger charge is -2.17. The van der Waals surface area contributed by atoms with Crippen molar-refractivity contribution >= 4 is 5.91 Å². The Morgan fingerprint density at radius 1 is 1.23 bits per heavy atom. The Kier molecular flexibility index (Phi) is 6.19. The van der Waals surface area contributed by atoms with Crippen molar-refractivity contribution in [1.29, 1.82) is 0 Å². The van der Waals surface area contributed by atoms with E-state index < -0.39 is 17.8 Å². The van der Waals surface area contributed by atoms with Gasteiger partial charge in [-0.05, 0) is 49.2 Å². The van der Waals surface area contributed by atoms with E-state index in [1.165, 1.54) is 17.7 Å². The molecule has 0 aliphatic carbocycles. The third kappa shape index (κ3) is 4.84. The Hall–Kier alpha value is -3.23. The van der Waals surface area contributed by atoms with Gasteiger partial charge in [0, 0.05) is 5.69 Å². The Morgan fingerprint density at radius 3 is 2.50 bits per heavy atom. The maximum Gasteiger partial charge on any atom is 0.435 e. The number of amides is 1. The minimum absolute atomic E-state index is 0.00905. The molecule has 2 heterocycles. The molecule has 0 bridgehead atoms. The maximum absolute atomic E-state index is 12.8. The van der Waals surface area contributed by atoms with E-state index in [2.05, 4.69) is 10.4 Å². The van der Waals surface area contributed by atoms with Gasteiger partial charge in [0.25, 0.3) is 5.91 Å². The van der Waals surface area contributed by atoms with Gasteiger partial charge in [0.2, 0.25) is 0 Å². The highest BCUT2D eigenvalue weighted by molar-refractivity contribution is 5.91. The quantitative estimate of drug-likeness (QED) is 0.598. The second-order valence-electron chi connectivity index (χ2n) is 6.80. The molecule has 2 aromatic heterocycles. The molecule has 0 saturated carbocycles. The minimum atomic E-state index is -4.51. The average molecular weight is 421 g/mol. The lowest BCUT2D eigenvalue weighted by molar-refractivity contribution is -0.141. The second-order valence-corrected chi connectivity index (χ2v) is 6.80. The van der Waals surface area contributed by atoms with Gasteiger partial charge in [0.05, 0.1) is 19.7 Å². The van der Waals surface area contributed by atoms with Crippen LogP contribution < -0.4 is 10.1 Å². The van der Waals surface area contributed by atoms with Crippen LogP contribution in [0.5, 0.6) is 5.75 Å². The number of aryl methyl sites for hydroxylation is 1. The molecule has 3 rings (SSSR count). The van der Waals surface area contributed by atoms with Crippen LogP contribution in [0.1, 0.15) is 52.7 Å². The van der Waals surface area contributed by atoms with Crippen molar-refractivity contribution in [3.05, 3.63) is 70.9 Å². The molecule has 0 saturated heterocycles. The third-order valence-electron chi connectivity index (χ3n) is 4.69. The number of halogens is 3. The Morgan fingerprint density at radius 2 is 1.93 bits per heavy atom. The summed E-state index contributed by atoms with van der Waals surface area (Å²) in [6.45, 7) is 3.46. The highest BCUT2D eigenvalue weighted by atomic mass is 19.4. The van der Waals surface area contributed by atoms with Crippen LogP contribution in [0.15, 0.2) is 46.9 Å². The molecule has 0 aliphatic heterocycles. The standard InChI is InChI=1S/C21H22F3N3O3/c1-4-17(14-5-7-15(29-3)8-6-14)25-20(28)18-10-9-16(30-18)12-27-13(2)11-19(26-27)21(22,23)24/h5-11,17H,4,12H2,1-3H3,(H,25,28)/t17-/m0/s1. The van der Waals surface area contributed by atoms with Gasteiger partial charge in [-0.15, -0.1) is 0 Å². The number of carbonyl (C=O) groups is 1. The van der Waals surface area contributed by atoms with Gasteiger partial charge in [-0.1, -0.05) is 19.1 Å². The summed E-state index contributed by atoms with van der Waals surface area (Å²) >= 11 is 0. The Labute approximate surface area is 171 Å². The van der Waals surface area contributed by atoms with E-state index >= 15 is 0 Å². The van der Waals surface area contributed by atoms with Gasteiger partial charge < -0.3 is 14.5 Å². The fourth-order valence-electron chi connectivity index (χ4n) is 3.03. The van der Waals surface area contributed by atoms with E-state index in [0.717, 1.165) is 17.4 Å². The number of rotatable bonds is 7. The number of alkyl halides is 3. The monoisotopic (exact) mass is 421 g/mol. The van der Waals surface area contributed by atoms with Gasteiger partial charge in [0.1, 0.15) is 11.5 Å². The zero-order chi connectivity index (χ0) is 21.9. The number of benzene rings is 1. The molecule has 160 valence electrons. The molecule has 1 atom stereocenters. The fourth-order valence-corrected chi connectivity index (χ4v) is 3.03. The van der Waals surface area contributed by atoms with Crippen molar-refractivity contribution in [2.24, 2.45) is 0 Å². The van der Waals surface area contributed by atoms with Crippen molar-refractivity contribution in [2.75, 3.05) is 7.11 Å². The molecule has 0 radical (unpaired) electrons. The topological polar surface area (TPSA) is 69.3 Å². The van der Waals surface area contributed by atoms with Crippen LogP contribution in [0.4, 0.5) is 13.2 Å². The molecule has 0 unspecified atom stereocenters. The average Bonchev–Trinajstić information content (AvgIpc) is 3.33. The molecule has 1 N–H and O–H groups in total. The van der Waals surface area contributed by atoms with Crippen LogP contribution in [-0.2, 0) is 12.7 Å². The summed E-state index contributed by atoms with van der Waals surface area (Å²) in [5, 5.41) is 6.47. The largest absolute Gasteiger partial charge is 0.497 e. The van der Waals surface area contributed by atoms with Gasteiger partial charge in [-0.25, -0.2) is 0 Å². The van der Waals surface area contributed by atoms with Crippen molar-refractivity contribution in [3.63, 3.8) is 0 Å². The maximum atomic E-state index is 12.8. The molecule has 0 aliphatic rings. The zero-order valence-electron chi connectivity index (χ0n) is 16.8. The number of hydrogen-bond acceptors (Lipinski definition) is 4. The van der Waals surface area contributed by atoms with E-state index in [9.17, 15) is 18.0 Å². The van der Waals surface area contributed by atoms with E-state index in [1.807, 2.05) is 31.2 Å².